The maximum Gasteiger partial charge on any atom is 0.155 e. The van der Waals surface area contributed by atoms with E-state index in [1.807, 2.05) is 24.4 Å². The van der Waals surface area contributed by atoms with Crippen LogP contribution in [0.2, 0.25) is 0 Å². The molecule has 0 radical (unpaired) electrons. The average molecular weight is 266 g/mol. The Morgan fingerprint density at radius 2 is 1.90 bits per heavy atom. The lowest BCUT2D eigenvalue weighted by Crippen LogP contribution is -2.22. The van der Waals surface area contributed by atoms with Crippen LogP contribution in [0.25, 0.3) is 11.1 Å². The molecular weight excluding hydrogens is 248 g/mol. The maximum absolute atomic E-state index is 5.28. The predicted octanol–water partition coefficient (Wildman–Crippen LogP) is 4.14. The van der Waals surface area contributed by atoms with Gasteiger partial charge in [-0.05, 0) is 30.7 Å². The molecule has 0 aliphatic carbocycles. The Kier molecular flexibility index (Phi) is 2.85. The van der Waals surface area contributed by atoms with Crippen LogP contribution in [0.5, 0.6) is 5.75 Å². The highest BCUT2D eigenvalue weighted by atomic mass is 16.5. The fraction of sp³-hybridized carbons (Fsp3) is 0.294. The van der Waals surface area contributed by atoms with E-state index >= 15 is 0 Å². The molecule has 1 aliphatic heterocycles. The van der Waals surface area contributed by atoms with Gasteiger partial charge in [-0.3, -0.25) is 0 Å². The second kappa shape index (κ2) is 4.44. The van der Waals surface area contributed by atoms with Gasteiger partial charge in [0.1, 0.15) is 5.75 Å². The molecule has 0 N–H and O–H groups in total. The van der Waals surface area contributed by atoms with Crippen LogP contribution >= 0.6 is 0 Å². The second-order valence-electron chi connectivity index (χ2n) is 5.65. The third-order valence-corrected chi connectivity index (χ3v) is 4.12. The molecule has 2 heterocycles. The number of aromatic nitrogens is 1. The topological polar surface area (TPSA) is 34.5 Å². The van der Waals surface area contributed by atoms with Crippen LogP contribution in [0.3, 0.4) is 0 Å². The van der Waals surface area contributed by atoms with E-state index in [0.717, 1.165) is 28.4 Å². The van der Waals surface area contributed by atoms with Gasteiger partial charge in [0.25, 0.3) is 0 Å². The highest BCUT2D eigenvalue weighted by Crippen LogP contribution is 2.40. The second-order valence-corrected chi connectivity index (χ2v) is 5.65. The van der Waals surface area contributed by atoms with Crippen molar-refractivity contribution >= 4 is 11.5 Å². The lowest BCUT2D eigenvalue weighted by Gasteiger charge is -2.20. The zero-order valence-corrected chi connectivity index (χ0v) is 12.3. The molecule has 0 amide bonds. The van der Waals surface area contributed by atoms with Crippen molar-refractivity contribution in [3.8, 4) is 16.9 Å². The molecule has 0 atom stereocenters. The summed E-state index contributed by atoms with van der Waals surface area (Å²) in [5.41, 5.74) is 4.47. The molecule has 3 nitrogen and oxygen atoms in total. The van der Waals surface area contributed by atoms with Gasteiger partial charge in [-0.15, -0.1) is 0 Å². The molecule has 20 heavy (non-hydrogen) atoms. The average Bonchev–Trinajstić information content (AvgIpc) is 2.69. The summed E-state index contributed by atoms with van der Waals surface area (Å²) in [6, 6.07) is 10.2. The Labute approximate surface area is 119 Å². The van der Waals surface area contributed by atoms with Crippen molar-refractivity contribution in [2.24, 2.45) is 4.99 Å². The van der Waals surface area contributed by atoms with Crippen molar-refractivity contribution in [1.29, 1.82) is 0 Å². The smallest absolute Gasteiger partial charge is 0.155 e. The fourth-order valence-electron chi connectivity index (χ4n) is 2.46. The maximum atomic E-state index is 5.28. The molecule has 0 fully saturated rings. The number of hydrogen-bond acceptors (Lipinski definition) is 3. The summed E-state index contributed by atoms with van der Waals surface area (Å²) in [5, 5.41) is 0. The Balaban J connectivity index is 2.09. The number of pyridine rings is 1. The first-order valence-electron chi connectivity index (χ1n) is 6.73. The third-order valence-electron chi connectivity index (χ3n) is 4.12. The molecule has 0 saturated heterocycles. The van der Waals surface area contributed by atoms with Crippen molar-refractivity contribution in [1.82, 2.24) is 4.98 Å². The summed E-state index contributed by atoms with van der Waals surface area (Å²) in [6.07, 6.45) is 1.88. The minimum Gasteiger partial charge on any atom is -0.497 e. The minimum absolute atomic E-state index is 0.0444. The lowest BCUT2D eigenvalue weighted by molar-refractivity contribution is 0.415. The number of rotatable bonds is 2. The predicted molar refractivity (Wildman–Crippen MR) is 82.0 cm³/mol. The quantitative estimate of drug-likeness (QED) is 0.818. The van der Waals surface area contributed by atoms with Crippen LogP contribution in [0.1, 0.15) is 26.3 Å². The van der Waals surface area contributed by atoms with Gasteiger partial charge >= 0.3 is 0 Å². The van der Waals surface area contributed by atoms with Crippen molar-refractivity contribution < 1.29 is 4.74 Å². The van der Waals surface area contributed by atoms with Gasteiger partial charge < -0.3 is 4.74 Å². The van der Waals surface area contributed by atoms with Crippen molar-refractivity contribution in [3.63, 3.8) is 0 Å². The van der Waals surface area contributed by atoms with Gasteiger partial charge in [0.2, 0.25) is 0 Å². The van der Waals surface area contributed by atoms with Gasteiger partial charge in [0.05, 0.1) is 7.11 Å². The number of hydrogen-bond donors (Lipinski definition) is 0. The van der Waals surface area contributed by atoms with Gasteiger partial charge in [0.15, 0.2) is 5.82 Å². The van der Waals surface area contributed by atoms with E-state index in [1.165, 1.54) is 5.56 Å². The van der Waals surface area contributed by atoms with Crippen LogP contribution < -0.4 is 4.74 Å². The summed E-state index contributed by atoms with van der Waals surface area (Å²) in [6.45, 7) is 6.44. The van der Waals surface area contributed by atoms with Crippen LogP contribution in [-0.4, -0.2) is 17.8 Å². The van der Waals surface area contributed by atoms with Gasteiger partial charge in [0, 0.05) is 28.5 Å². The normalized spacial score (nSPS) is 15.7. The van der Waals surface area contributed by atoms with E-state index in [0.29, 0.717) is 0 Å². The minimum atomic E-state index is -0.0444. The summed E-state index contributed by atoms with van der Waals surface area (Å²) in [4.78, 5) is 9.06. The fourth-order valence-corrected chi connectivity index (χ4v) is 2.46. The van der Waals surface area contributed by atoms with Gasteiger partial charge in [-0.2, -0.15) is 0 Å². The highest BCUT2D eigenvalue weighted by molar-refractivity contribution is 5.99. The Morgan fingerprint density at radius 3 is 2.65 bits per heavy atom. The summed E-state index contributed by atoms with van der Waals surface area (Å²) >= 11 is 0. The third kappa shape index (κ3) is 1.90. The first-order valence-corrected chi connectivity index (χ1v) is 6.73. The van der Waals surface area contributed by atoms with E-state index in [-0.39, 0.29) is 5.41 Å². The first-order chi connectivity index (χ1) is 9.52. The SMILES string of the molecule is COc1cccc(-c2cnc3c(c2)C(C)(C)C(C)=N3)c1. The molecule has 2 aromatic rings. The van der Waals surface area contributed by atoms with E-state index in [9.17, 15) is 0 Å². The Hall–Kier alpha value is -2.16. The molecule has 3 rings (SSSR count). The molecule has 0 spiro atoms. The van der Waals surface area contributed by atoms with Crippen molar-refractivity contribution in [2.45, 2.75) is 26.2 Å². The summed E-state index contributed by atoms with van der Waals surface area (Å²) in [5.74, 6) is 1.70. The molecule has 0 saturated carbocycles. The monoisotopic (exact) mass is 266 g/mol. The van der Waals surface area contributed by atoms with Crippen LogP contribution in [0, 0.1) is 0 Å². The Morgan fingerprint density at radius 1 is 1.10 bits per heavy atom. The van der Waals surface area contributed by atoms with Crippen LogP contribution in [0.4, 0.5) is 5.82 Å². The van der Waals surface area contributed by atoms with Crippen LogP contribution in [0.15, 0.2) is 41.5 Å². The molecule has 3 heteroatoms. The standard InChI is InChI=1S/C17H18N2O/c1-11-17(2,3)15-9-13(10-18-16(15)19-11)12-6-5-7-14(8-12)20-4/h5-10H,1-4H3. The number of fused-ring (bicyclic) bond motifs is 1. The molecule has 1 aliphatic rings. The lowest BCUT2D eigenvalue weighted by atomic mass is 9.82. The molecule has 0 unspecified atom stereocenters. The van der Waals surface area contributed by atoms with E-state index < -0.39 is 0 Å². The molecule has 0 bridgehead atoms. The van der Waals surface area contributed by atoms with Crippen molar-refractivity contribution in [2.75, 3.05) is 7.11 Å². The number of methoxy groups -OCH3 is 1. The van der Waals surface area contributed by atoms with Crippen molar-refractivity contribution in [3.05, 3.63) is 42.1 Å². The number of aliphatic imine (C=N–C) groups is 1. The first kappa shape index (κ1) is 12.9. The number of benzene rings is 1. The summed E-state index contributed by atoms with van der Waals surface area (Å²) < 4.78 is 5.28. The zero-order chi connectivity index (χ0) is 14.3. The van der Waals surface area contributed by atoms with Gasteiger partial charge in [-0.25, -0.2) is 9.98 Å². The molecule has 1 aromatic carbocycles. The largest absolute Gasteiger partial charge is 0.497 e. The van der Waals surface area contributed by atoms with Gasteiger partial charge in [-0.1, -0.05) is 26.0 Å². The zero-order valence-electron chi connectivity index (χ0n) is 12.3. The van der Waals surface area contributed by atoms with E-state index in [4.69, 9.17) is 4.74 Å². The highest BCUT2D eigenvalue weighted by Gasteiger charge is 2.33. The van der Waals surface area contributed by atoms with Crippen LogP contribution in [-0.2, 0) is 5.41 Å². The Bertz CT molecular complexity index is 702. The van der Waals surface area contributed by atoms with E-state index in [1.54, 1.807) is 7.11 Å². The molecule has 1 aromatic heterocycles. The number of nitrogens with zero attached hydrogens (tertiary/aromatic N) is 2. The molecular formula is C17H18N2O. The number of ether oxygens (including phenoxy) is 1. The molecule has 102 valence electrons. The van der Waals surface area contributed by atoms with E-state index in [2.05, 4.69) is 42.9 Å². The summed E-state index contributed by atoms with van der Waals surface area (Å²) in [7, 11) is 1.68.